The van der Waals surface area contributed by atoms with Gasteiger partial charge in [-0.2, -0.15) is 0 Å². The summed E-state index contributed by atoms with van der Waals surface area (Å²) in [5, 5.41) is 3.23. The number of nitrogens with one attached hydrogen (secondary N) is 1. The number of aromatic nitrogens is 2. The van der Waals surface area contributed by atoms with Crippen molar-refractivity contribution in [2.75, 3.05) is 11.9 Å². The average Bonchev–Trinajstić information content (AvgIpc) is 2.39. The van der Waals surface area contributed by atoms with E-state index in [1.165, 1.54) is 11.1 Å². The Bertz CT molecular complexity index is 535. The third-order valence-corrected chi connectivity index (χ3v) is 2.91. The third-order valence-electron chi connectivity index (χ3n) is 2.91. The molecule has 1 aromatic heterocycles. The van der Waals surface area contributed by atoms with Crippen molar-refractivity contribution in [3.63, 3.8) is 0 Å². The van der Waals surface area contributed by atoms with Crippen LogP contribution in [0.5, 0.6) is 0 Å². The summed E-state index contributed by atoms with van der Waals surface area (Å²) >= 11 is 0. The Morgan fingerprint density at radius 1 is 1.11 bits per heavy atom. The van der Waals surface area contributed by atoms with Gasteiger partial charge in [0.05, 0.1) is 5.69 Å². The largest absolute Gasteiger partial charge is 0.354 e. The van der Waals surface area contributed by atoms with Gasteiger partial charge < -0.3 is 5.32 Å². The minimum atomic E-state index is 0.709. The molecular formula is C15H19N3. The molecule has 3 nitrogen and oxygen atoms in total. The fourth-order valence-corrected chi connectivity index (χ4v) is 1.88. The van der Waals surface area contributed by atoms with E-state index in [2.05, 4.69) is 41.3 Å². The molecule has 0 radical (unpaired) electrons. The lowest BCUT2D eigenvalue weighted by Crippen LogP contribution is -2.05. The molecule has 1 aromatic carbocycles. The predicted octanol–water partition coefficient (Wildman–Crippen LogP) is 3.58. The van der Waals surface area contributed by atoms with Gasteiger partial charge in [0.2, 0.25) is 5.95 Å². The quantitative estimate of drug-likeness (QED) is 0.889. The lowest BCUT2D eigenvalue weighted by molar-refractivity contribution is 0.950. The van der Waals surface area contributed by atoms with E-state index in [-0.39, 0.29) is 0 Å². The fourth-order valence-electron chi connectivity index (χ4n) is 1.88. The summed E-state index contributed by atoms with van der Waals surface area (Å²) < 4.78 is 0. The second-order valence-corrected chi connectivity index (χ2v) is 4.47. The van der Waals surface area contributed by atoms with Crippen molar-refractivity contribution in [2.45, 2.75) is 27.2 Å². The Morgan fingerprint density at radius 2 is 1.89 bits per heavy atom. The second-order valence-electron chi connectivity index (χ2n) is 4.47. The molecule has 0 fully saturated rings. The Morgan fingerprint density at radius 3 is 2.61 bits per heavy atom. The van der Waals surface area contributed by atoms with Crippen LogP contribution < -0.4 is 5.32 Å². The SMILES string of the molecule is CCCNc1ncc(C)c(-c2ccccc2C)n1. The van der Waals surface area contributed by atoms with Gasteiger partial charge in [0.25, 0.3) is 0 Å². The van der Waals surface area contributed by atoms with Gasteiger partial charge in [0, 0.05) is 18.3 Å². The highest BCUT2D eigenvalue weighted by atomic mass is 15.1. The van der Waals surface area contributed by atoms with E-state index in [4.69, 9.17) is 0 Å². The Balaban J connectivity index is 2.40. The van der Waals surface area contributed by atoms with Gasteiger partial charge in [-0.1, -0.05) is 31.2 Å². The topological polar surface area (TPSA) is 37.8 Å². The van der Waals surface area contributed by atoms with Crippen molar-refractivity contribution < 1.29 is 0 Å². The number of anilines is 1. The molecule has 2 rings (SSSR count). The molecule has 18 heavy (non-hydrogen) atoms. The van der Waals surface area contributed by atoms with Crippen molar-refractivity contribution in [3.05, 3.63) is 41.6 Å². The van der Waals surface area contributed by atoms with Crippen LogP contribution in [0.3, 0.4) is 0 Å². The molecule has 0 atom stereocenters. The second kappa shape index (κ2) is 5.63. The number of nitrogens with zero attached hydrogens (tertiary/aromatic N) is 2. The molecule has 94 valence electrons. The zero-order valence-electron chi connectivity index (χ0n) is 11.2. The number of rotatable bonds is 4. The summed E-state index contributed by atoms with van der Waals surface area (Å²) in [6, 6.07) is 8.30. The standard InChI is InChI=1S/C15H19N3/c1-4-9-16-15-17-10-12(3)14(18-15)13-8-6-5-7-11(13)2/h5-8,10H,4,9H2,1-3H3,(H,16,17,18). The first-order valence-corrected chi connectivity index (χ1v) is 6.36. The Hall–Kier alpha value is -1.90. The Kier molecular flexibility index (Phi) is 3.92. The molecule has 3 heteroatoms. The molecule has 0 aliphatic rings. The molecule has 1 N–H and O–H groups in total. The van der Waals surface area contributed by atoms with Gasteiger partial charge in [-0.3, -0.25) is 0 Å². The highest BCUT2D eigenvalue weighted by molar-refractivity contribution is 5.67. The van der Waals surface area contributed by atoms with Crippen LogP contribution in [0.1, 0.15) is 24.5 Å². The van der Waals surface area contributed by atoms with Crippen molar-refractivity contribution in [1.82, 2.24) is 9.97 Å². The van der Waals surface area contributed by atoms with Gasteiger partial charge in [0.15, 0.2) is 0 Å². The fraction of sp³-hybridized carbons (Fsp3) is 0.333. The first-order chi connectivity index (χ1) is 8.72. The molecule has 0 aliphatic carbocycles. The maximum absolute atomic E-state index is 4.62. The Labute approximate surface area is 108 Å². The van der Waals surface area contributed by atoms with Crippen LogP contribution in [-0.2, 0) is 0 Å². The lowest BCUT2D eigenvalue weighted by atomic mass is 10.0. The molecule has 0 amide bonds. The summed E-state index contributed by atoms with van der Waals surface area (Å²) in [6.07, 6.45) is 2.95. The van der Waals surface area contributed by atoms with E-state index in [0.29, 0.717) is 5.95 Å². The summed E-state index contributed by atoms with van der Waals surface area (Å²) in [4.78, 5) is 8.93. The zero-order valence-corrected chi connectivity index (χ0v) is 11.2. The summed E-state index contributed by atoms with van der Waals surface area (Å²) in [6.45, 7) is 7.18. The highest BCUT2D eigenvalue weighted by Gasteiger charge is 2.08. The molecule has 0 saturated heterocycles. The van der Waals surface area contributed by atoms with Gasteiger partial charge in [0.1, 0.15) is 0 Å². The summed E-state index contributed by atoms with van der Waals surface area (Å²) in [5.74, 6) is 0.709. The van der Waals surface area contributed by atoms with Crippen LogP contribution in [0.2, 0.25) is 0 Å². The molecular weight excluding hydrogens is 222 g/mol. The van der Waals surface area contributed by atoms with Crippen LogP contribution in [0.4, 0.5) is 5.95 Å². The van der Waals surface area contributed by atoms with Crippen LogP contribution in [-0.4, -0.2) is 16.5 Å². The van der Waals surface area contributed by atoms with Gasteiger partial charge in [-0.05, 0) is 31.4 Å². The lowest BCUT2D eigenvalue weighted by Gasteiger charge is -2.10. The number of hydrogen-bond donors (Lipinski definition) is 1. The monoisotopic (exact) mass is 241 g/mol. The number of hydrogen-bond acceptors (Lipinski definition) is 3. The molecule has 2 aromatic rings. The van der Waals surface area contributed by atoms with Crippen molar-refractivity contribution in [3.8, 4) is 11.3 Å². The maximum atomic E-state index is 4.62. The van der Waals surface area contributed by atoms with Crippen LogP contribution in [0.15, 0.2) is 30.5 Å². The first-order valence-electron chi connectivity index (χ1n) is 6.36. The minimum Gasteiger partial charge on any atom is -0.354 e. The van der Waals surface area contributed by atoms with E-state index in [0.717, 1.165) is 24.2 Å². The first kappa shape index (κ1) is 12.6. The molecule has 1 heterocycles. The van der Waals surface area contributed by atoms with E-state index in [9.17, 15) is 0 Å². The van der Waals surface area contributed by atoms with E-state index in [1.807, 2.05) is 25.3 Å². The molecule has 0 aliphatic heterocycles. The smallest absolute Gasteiger partial charge is 0.223 e. The van der Waals surface area contributed by atoms with Crippen LogP contribution in [0.25, 0.3) is 11.3 Å². The molecule has 0 unspecified atom stereocenters. The van der Waals surface area contributed by atoms with Crippen LogP contribution >= 0.6 is 0 Å². The van der Waals surface area contributed by atoms with E-state index < -0.39 is 0 Å². The summed E-state index contributed by atoms with van der Waals surface area (Å²) in [5.41, 5.74) is 4.53. The van der Waals surface area contributed by atoms with Crippen molar-refractivity contribution in [1.29, 1.82) is 0 Å². The summed E-state index contributed by atoms with van der Waals surface area (Å²) in [7, 11) is 0. The van der Waals surface area contributed by atoms with E-state index >= 15 is 0 Å². The normalized spacial score (nSPS) is 10.4. The average molecular weight is 241 g/mol. The number of benzene rings is 1. The van der Waals surface area contributed by atoms with Gasteiger partial charge >= 0.3 is 0 Å². The van der Waals surface area contributed by atoms with E-state index in [1.54, 1.807) is 0 Å². The van der Waals surface area contributed by atoms with Crippen molar-refractivity contribution in [2.24, 2.45) is 0 Å². The molecule has 0 spiro atoms. The predicted molar refractivity (Wildman–Crippen MR) is 75.7 cm³/mol. The molecule has 0 saturated carbocycles. The molecule has 0 bridgehead atoms. The number of aryl methyl sites for hydroxylation is 2. The maximum Gasteiger partial charge on any atom is 0.223 e. The minimum absolute atomic E-state index is 0.709. The van der Waals surface area contributed by atoms with Gasteiger partial charge in [-0.15, -0.1) is 0 Å². The van der Waals surface area contributed by atoms with Gasteiger partial charge in [-0.25, -0.2) is 9.97 Å². The van der Waals surface area contributed by atoms with Crippen LogP contribution in [0, 0.1) is 13.8 Å². The highest BCUT2D eigenvalue weighted by Crippen LogP contribution is 2.24. The zero-order chi connectivity index (χ0) is 13.0. The van der Waals surface area contributed by atoms with Crippen molar-refractivity contribution >= 4 is 5.95 Å². The third kappa shape index (κ3) is 2.67.